The van der Waals surface area contributed by atoms with Gasteiger partial charge in [-0.1, -0.05) is 35.9 Å². The minimum absolute atomic E-state index is 0.246. The minimum Gasteiger partial charge on any atom is -0.490 e. The Bertz CT molecular complexity index is 973. The summed E-state index contributed by atoms with van der Waals surface area (Å²) in [5.41, 5.74) is 3.00. The largest absolute Gasteiger partial charge is 0.490 e. The van der Waals surface area contributed by atoms with Gasteiger partial charge in [-0.25, -0.2) is 4.79 Å². The second kappa shape index (κ2) is 9.85. The van der Waals surface area contributed by atoms with Crippen molar-refractivity contribution in [2.45, 2.75) is 20.1 Å². The Balaban J connectivity index is 1.67. The summed E-state index contributed by atoms with van der Waals surface area (Å²) in [7, 11) is 0. The first kappa shape index (κ1) is 20.6. The van der Waals surface area contributed by atoms with E-state index in [0.717, 1.165) is 16.8 Å². The van der Waals surface area contributed by atoms with Gasteiger partial charge in [0.25, 0.3) is 0 Å². The molecule has 0 fully saturated rings. The van der Waals surface area contributed by atoms with E-state index >= 15 is 0 Å². The number of rotatable bonds is 9. The molecule has 0 heterocycles. The van der Waals surface area contributed by atoms with Gasteiger partial charge in [0, 0.05) is 17.3 Å². The standard InChI is InChI=1S/C23H22ClNO4/c1-2-28-22-12-17(14-25-20-5-3-4-18(13-20)23(26)27)8-11-21(22)29-15-16-6-9-19(24)10-7-16/h3-13,25H,2,14-15H2,1H3,(H,26,27). The molecule has 3 aromatic carbocycles. The zero-order valence-electron chi connectivity index (χ0n) is 16.0. The van der Waals surface area contributed by atoms with Crippen molar-refractivity contribution in [1.29, 1.82) is 0 Å². The fourth-order valence-electron chi connectivity index (χ4n) is 2.76. The molecule has 5 nitrogen and oxygen atoms in total. The molecule has 0 saturated heterocycles. The quantitative estimate of drug-likeness (QED) is 0.477. The van der Waals surface area contributed by atoms with Crippen LogP contribution in [0.15, 0.2) is 66.7 Å². The maximum absolute atomic E-state index is 11.1. The van der Waals surface area contributed by atoms with Gasteiger partial charge in [0.15, 0.2) is 11.5 Å². The van der Waals surface area contributed by atoms with Crippen LogP contribution in [0.25, 0.3) is 0 Å². The molecule has 0 aliphatic rings. The monoisotopic (exact) mass is 411 g/mol. The predicted octanol–water partition coefficient (Wildman–Crippen LogP) is 5.63. The molecule has 3 rings (SSSR count). The Morgan fingerprint density at radius 2 is 1.72 bits per heavy atom. The number of ether oxygens (including phenoxy) is 2. The van der Waals surface area contributed by atoms with Crippen molar-refractivity contribution in [2.75, 3.05) is 11.9 Å². The van der Waals surface area contributed by atoms with E-state index in [0.29, 0.717) is 36.3 Å². The molecule has 6 heteroatoms. The van der Waals surface area contributed by atoms with Crippen LogP contribution in [0.2, 0.25) is 5.02 Å². The number of hydrogen-bond donors (Lipinski definition) is 2. The van der Waals surface area contributed by atoms with Gasteiger partial charge in [-0.2, -0.15) is 0 Å². The SMILES string of the molecule is CCOc1cc(CNc2cccc(C(=O)O)c2)ccc1OCc1ccc(Cl)cc1. The van der Waals surface area contributed by atoms with Crippen LogP contribution in [0.5, 0.6) is 11.5 Å². The summed E-state index contributed by atoms with van der Waals surface area (Å²) in [5, 5.41) is 13.0. The van der Waals surface area contributed by atoms with Gasteiger partial charge in [-0.3, -0.25) is 0 Å². The highest BCUT2D eigenvalue weighted by molar-refractivity contribution is 6.30. The van der Waals surface area contributed by atoms with E-state index in [4.69, 9.17) is 26.2 Å². The number of anilines is 1. The van der Waals surface area contributed by atoms with Crippen LogP contribution in [0.4, 0.5) is 5.69 Å². The molecule has 0 aromatic heterocycles. The summed E-state index contributed by atoms with van der Waals surface area (Å²) in [4.78, 5) is 11.1. The lowest BCUT2D eigenvalue weighted by molar-refractivity contribution is 0.0697. The van der Waals surface area contributed by atoms with Crippen LogP contribution in [-0.2, 0) is 13.2 Å². The van der Waals surface area contributed by atoms with Gasteiger partial charge < -0.3 is 19.9 Å². The Morgan fingerprint density at radius 3 is 2.45 bits per heavy atom. The average molecular weight is 412 g/mol. The maximum atomic E-state index is 11.1. The number of carboxylic acid groups (broad SMARTS) is 1. The Hall–Kier alpha value is -3.18. The predicted molar refractivity (Wildman–Crippen MR) is 114 cm³/mol. The van der Waals surface area contributed by atoms with E-state index in [1.54, 1.807) is 18.2 Å². The first-order chi connectivity index (χ1) is 14.0. The number of carboxylic acids is 1. The average Bonchev–Trinajstić information content (AvgIpc) is 2.73. The van der Waals surface area contributed by atoms with Gasteiger partial charge in [0.05, 0.1) is 12.2 Å². The number of benzene rings is 3. The van der Waals surface area contributed by atoms with Gasteiger partial charge in [0.2, 0.25) is 0 Å². The van der Waals surface area contributed by atoms with Crippen molar-refractivity contribution < 1.29 is 19.4 Å². The fraction of sp³-hybridized carbons (Fsp3) is 0.174. The molecule has 0 atom stereocenters. The first-order valence-electron chi connectivity index (χ1n) is 9.25. The van der Waals surface area contributed by atoms with E-state index < -0.39 is 5.97 Å². The number of hydrogen-bond acceptors (Lipinski definition) is 4. The van der Waals surface area contributed by atoms with Crippen LogP contribution >= 0.6 is 11.6 Å². The third kappa shape index (κ3) is 5.90. The van der Waals surface area contributed by atoms with Crippen molar-refractivity contribution in [3.05, 3.63) is 88.4 Å². The van der Waals surface area contributed by atoms with Gasteiger partial charge >= 0.3 is 5.97 Å². The Labute approximate surface area is 174 Å². The molecule has 29 heavy (non-hydrogen) atoms. The second-order valence-electron chi connectivity index (χ2n) is 6.37. The molecule has 0 saturated carbocycles. The normalized spacial score (nSPS) is 10.4. The lowest BCUT2D eigenvalue weighted by Crippen LogP contribution is -2.04. The second-order valence-corrected chi connectivity index (χ2v) is 6.81. The lowest BCUT2D eigenvalue weighted by atomic mass is 10.1. The Morgan fingerprint density at radius 1 is 0.966 bits per heavy atom. The molecule has 0 bridgehead atoms. The molecule has 0 amide bonds. The lowest BCUT2D eigenvalue weighted by Gasteiger charge is -2.14. The highest BCUT2D eigenvalue weighted by Gasteiger charge is 2.08. The van der Waals surface area contributed by atoms with Crippen LogP contribution in [-0.4, -0.2) is 17.7 Å². The highest BCUT2D eigenvalue weighted by atomic mass is 35.5. The maximum Gasteiger partial charge on any atom is 0.335 e. The van der Waals surface area contributed by atoms with E-state index in [-0.39, 0.29) is 5.56 Å². The molecule has 2 N–H and O–H groups in total. The van der Waals surface area contributed by atoms with Crippen molar-refractivity contribution in [3.63, 3.8) is 0 Å². The highest BCUT2D eigenvalue weighted by Crippen LogP contribution is 2.30. The van der Waals surface area contributed by atoms with Crippen LogP contribution < -0.4 is 14.8 Å². The zero-order valence-corrected chi connectivity index (χ0v) is 16.8. The van der Waals surface area contributed by atoms with Gasteiger partial charge in [0.1, 0.15) is 6.61 Å². The summed E-state index contributed by atoms with van der Waals surface area (Å²) in [6.45, 7) is 3.39. The Kier molecular flexibility index (Phi) is 6.98. The van der Waals surface area contributed by atoms with E-state index in [9.17, 15) is 4.79 Å². The fourth-order valence-corrected chi connectivity index (χ4v) is 2.88. The van der Waals surface area contributed by atoms with Crippen LogP contribution in [0.3, 0.4) is 0 Å². The third-order valence-electron chi connectivity index (χ3n) is 4.22. The van der Waals surface area contributed by atoms with Gasteiger partial charge in [-0.05, 0) is 60.5 Å². The topological polar surface area (TPSA) is 67.8 Å². The van der Waals surface area contributed by atoms with Crippen LogP contribution in [0, 0.1) is 0 Å². The summed E-state index contributed by atoms with van der Waals surface area (Å²) in [6, 6.07) is 20.0. The van der Waals surface area contributed by atoms with E-state index in [1.807, 2.05) is 55.5 Å². The number of halogens is 1. The summed E-state index contributed by atoms with van der Waals surface area (Å²) < 4.78 is 11.7. The molecular formula is C23H22ClNO4. The molecule has 0 aliphatic carbocycles. The molecule has 150 valence electrons. The number of aromatic carboxylic acids is 1. The smallest absolute Gasteiger partial charge is 0.335 e. The van der Waals surface area contributed by atoms with E-state index in [1.165, 1.54) is 0 Å². The molecule has 0 radical (unpaired) electrons. The number of carbonyl (C=O) groups is 1. The van der Waals surface area contributed by atoms with Crippen molar-refractivity contribution >= 4 is 23.3 Å². The molecular weight excluding hydrogens is 390 g/mol. The van der Waals surface area contributed by atoms with Gasteiger partial charge in [-0.15, -0.1) is 0 Å². The molecule has 0 aliphatic heterocycles. The van der Waals surface area contributed by atoms with Crippen LogP contribution in [0.1, 0.15) is 28.4 Å². The molecule has 3 aromatic rings. The summed E-state index contributed by atoms with van der Waals surface area (Å²) in [5.74, 6) is 0.382. The summed E-state index contributed by atoms with van der Waals surface area (Å²) >= 11 is 5.91. The molecule has 0 unspecified atom stereocenters. The summed E-state index contributed by atoms with van der Waals surface area (Å²) in [6.07, 6.45) is 0. The third-order valence-corrected chi connectivity index (χ3v) is 4.47. The van der Waals surface area contributed by atoms with Crippen molar-refractivity contribution in [1.82, 2.24) is 0 Å². The zero-order chi connectivity index (χ0) is 20.6. The van der Waals surface area contributed by atoms with Crippen molar-refractivity contribution in [2.24, 2.45) is 0 Å². The van der Waals surface area contributed by atoms with E-state index in [2.05, 4.69) is 5.32 Å². The number of nitrogens with one attached hydrogen (secondary N) is 1. The molecule has 0 spiro atoms. The first-order valence-corrected chi connectivity index (χ1v) is 9.63. The minimum atomic E-state index is -0.950. The van der Waals surface area contributed by atoms with Crippen molar-refractivity contribution in [3.8, 4) is 11.5 Å².